The first-order valence-corrected chi connectivity index (χ1v) is 10.5. The van der Waals surface area contributed by atoms with Crippen LogP contribution in [0.15, 0.2) is 58.2 Å². The van der Waals surface area contributed by atoms with Gasteiger partial charge in [0.2, 0.25) is 10.0 Å². The zero-order valence-electron chi connectivity index (χ0n) is 13.9. The van der Waals surface area contributed by atoms with E-state index in [9.17, 15) is 8.42 Å². The molecule has 0 spiro atoms. The van der Waals surface area contributed by atoms with Gasteiger partial charge in [-0.05, 0) is 58.6 Å². The first-order valence-electron chi connectivity index (χ1n) is 8.20. The maximum absolute atomic E-state index is 12.5. The van der Waals surface area contributed by atoms with Gasteiger partial charge in [-0.25, -0.2) is 18.1 Å². The Balaban J connectivity index is 1.76. The van der Waals surface area contributed by atoms with E-state index in [4.69, 9.17) is 0 Å². The van der Waals surface area contributed by atoms with Crippen molar-refractivity contribution in [3.63, 3.8) is 0 Å². The third-order valence-electron chi connectivity index (χ3n) is 3.99. The molecule has 0 aliphatic carbocycles. The van der Waals surface area contributed by atoms with Gasteiger partial charge in [0.05, 0.1) is 4.90 Å². The molecular formula is C18H20BrN3O2S. The van der Waals surface area contributed by atoms with Crippen LogP contribution in [-0.2, 0) is 23.0 Å². The molecule has 25 heavy (non-hydrogen) atoms. The van der Waals surface area contributed by atoms with E-state index in [2.05, 4.69) is 43.3 Å². The normalized spacial score (nSPS) is 11.9. The molecule has 0 saturated carbocycles. The highest BCUT2D eigenvalue weighted by atomic mass is 79.9. The van der Waals surface area contributed by atoms with E-state index in [1.165, 1.54) is 0 Å². The summed E-state index contributed by atoms with van der Waals surface area (Å²) in [6.07, 6.45) is 5.50. The molecule has 0 saturated heterocycles. The summed E-state index contributed by atoms with van der Waals surface area (Å²) in [7, 11) is -3.54. The Labute approximate surface area is 156 Å². The second-order valence-electron chi connectivity index (χ2n) is 5.80. The van der Waals surface area contributed by atoms with Crippen LogP contribution < -0.4 is 4.72 Å². The number of nitrogens with one attached hydrogen (secondary N) is 1. The third-order valence-corrected chi connectivity index (χ3v) is 6.47. The van der Waals surface area contributed by atoms with Crippen molar-refractivity contribution in [3.05, 3.63) is 58.8 Å². The first kappa shape index (κ1) is 18.1. The zero-order valence-corrected chi connectivity index (χ0v) is 16.3. The Kier molecular flexibility index (Phi) is 5.56. The summed E-state index contributed by atoms with van der Waals surface area (Å²) in [5, 5.41) is 1.08. The summed E-state index contributed by atoms with van der Waals surface area (Å²) in [6, 6.07) is 10.8. The van der Waals surface area contributed by atoms with Crippen LogP contribution in [0.4, 0.5) is 0 Å². The number of rotatable bonds is 7. The fraction of sp³-hybridized carbons (Fsp3) is 0.278. The van der Waals surface area contributed by atoms with Crippen molar-refractivity contribution >= 4 is 37.0 Å². The summed E-state index contributed by atoms with van der Waals surface area (Å²) in [6.45, 7) is 3.36. The summed E-state index contributed by atoms with van der Waals surface area (Å²) in [4.78, 5) is 4.71. The molecule has 0 amide bonds. The van der Waals surface area contributed by atoms with Gasteiger partial charge in [0.1, 0.15) is 5.65 Å². The lowest BCUT2D eigenvalue weighted by atomic mass is 10.2. The fourth-order valence-electron chi connectivity index (χ4n) is 2.87. The highest BCUT2D eigenvalue weighted by Crippen LogP contribution is 2.22. The summed E-state index contributed by atoms with van der Waals surface area (Å²) >= 11 is 3.29. The van der Waals surface area contributed by atoms with Crippen LogP contribution in [0.25, 0.3) is 11.0 Å². The van der Waals surface area contributed by atoms with E-state index < -0.39 is 10.0 Å². The molecule has 2 aromatic heterocycles. The predicted molar refractivity (Wildman–Crippen MR) is 103 cm³/mol. The highest BCUT2D eigenvalue weighted by Gasteiger charge is 2.17. The summed E-state index contributed by atoms with van der Waals surface area (Å²) in [5.41, 5.74) is 2.05. The van der Waals surface area contributed by atoms with Crippen LogP contribution in [0.3, 0.4) is 0 Å². The van der Waals surface area contributed by atoms with Crippen molar-refractivity contribution in [2.75, 3.05) is 6.54 Å². The van der Waals surface area contributed by atoms with E-state index in [-0.39, 0.29) is 4.90 Å². The minimum absolute atomic E-state index is 0.255. The molecule has 0 radical (unpaired) electrons. The lowest BCUT2D eigenvalue weighted by molar-refractivity contribution is 0.581. The number of hydrogen-bond donors (Lipinski definition) is 1. The number of hydrogen-bond acceptors (Lipinski definition) is 3. The number of halogens is 1. The molecule has 0 bridgehead atoms. The van der Waals surface area contributed by atoms with Crippen LogP contribution >= 0.6 is 15.9 Å². The molecule has 2 heterocycles. The van der Waals surface area contributed by atoms with Crippen molar-refractivity contribution < 1.29 is 8.42 Å². The smallest absolute Gasteiger partial charge is 0.241 e. The number of aromatic nitrogens is 2. The summed E-state index contributed by atoms with van der Waals surface area (Å²) in [5.74, 6) is 0. The molecule has 1 N–H and O–H groups in total. The molecule has 0 aliphatic rings. The number of aryl methyl sites for hydroxylation is 1. The van der Waals surface area contributed by atoms with Crippen molar-refractivity contribution in [2.45, 2.75) is 31.2 Å². The third kappa shape index (κ3) is 3.94. The first-order chi connectivity index (χ1) is 12.0. The number of nitrogens with zero attached hydrogens (tertiary/aromatic N) is 2. The Morgan fingerprint density at radius 2 is 2.00 bits per heavy atom. The van der Waals surface area contributed by atoms with Crippen LogP contribution in [0, 0.1) is 0 Å². The molecule has 1 aromatic carbocycles. The molecule has 3 aromatic rings. The number of pyridine rings is 1. The fourth-order valence-corrected chi connectivity index (χ4v) is 4.90. The van der Waals surface area contributed by atoms with Gasteiger partial charge in [-0.3, -0.25) is 0 Å². The molecule has 132 valence electrons. The number of sulfonamides is 1. The Hall–Kier alpha value is -1.70. The van der Waals surface area contributed by atoms with E-state index in [0.717, 1.165) is 29.6 Å². The van der Waals surface area contributed by atoms with Gasteiger partial charge >= 0.3 is 0 Å². The topological polar surface area (TPSA) is 64.0 Å². The minimum atomic E-state index is -3.54. The van der Waals surface area contributed by atoms with Gasteiger partial charge in [-0.2, -0.15) is 0 Å². The quantitative estimate of drug-likeness (QED) is 0.631. The molecule has 3 rings (SSSR count). The van der Waals surface area contributed by atoms with Gasteiger partial charge in [-0.1, -0.05) is 19.1 Å². The van der Waals surface area contributed by atoms with E-state index in [1.54, 1.807) is 30.5 Å². The van der Waals surface area contributed by atoms with Gasteiger partial charge in [0.15, 0.2) is 0 Å². The van der Waals surface area contributed by atoms with Crippen molar-refractivity contribution in [1.29, 1.82) is 0 Å². The van der Waals surface area contributed by atoms with E-state index >= 15 is 0 Å². The Bertz CT molecular complexity index is 983. The van der Waals surface area contributed by atoms with Gasteiger partial charge in [0, 0.05) is 35.3 Å². The lowest BCUT2D eigenvalue weighted by Gasteiger charge is -2.08. The highest BCUT2D eigenvalue weighted by molar-refractivity contribution is 9.10. The maximum Gasteiger partial charge on any atom is 0.241 e. The largest absolute Gasteiger partial charge is 0.332 e. The molecule has 0 unspecified atom stereocenters. The number of fused-ring (bicyclic) bond motifs is 1. The standard InChI is InChI=1S/C18H20BrN3O2S/c1-2-12-22-13-14(15-6-5-10-20-18(15)22)9-11-21-25(23,24)17-8-4-3-7-16(17)19/h3-8,10,13,21H,2,9,11-12H2,1H3. The molecule has 0 atom stereocenters. The molecule has 5 nitrogen and oxygen atoms in total. The van der Waals surface area contributed by atoms with Crippen LogP contribution in [-0.4, -0.2) is 24.5 Å². The summed E-state index contributed by atoms with van der Waals surface area (Å²) < 4.78 is 30.3. The predicted octanol–water partition coefficient (Wildman–Crippen LogP) is 3.73. The molecule has 0 aliphatic heterocycles. The molecule has 0 fully saturated rings. The number of benzene rings is 1. The second kappa shape index (κ2) is 7.68. The van der Waals surface area contributed by atoms with Crippen LogP contribution in [0.1, 0.15) is 18.9 Å². The zero-order chi connectivity index (χ0) is 17.9. The van der Waals surface area contributed by atoms with E-state index in [0.29, 0.717) is 17.4 Å². The van der Waals surface area contributed by atoms with Crippen molar-refractivity contribution in [3.8, 4) is 0 Å². The van der Waals surface area contributed by atoms with Crippen LogP contribution in [0.2, 0.25) is 0 Å². The van der Waals surface area contributed by atoms with Gasteiger partial charge < -0.3 is 4.57 Å². The second-order valence-corrected chi connectivity index (χ2v) is 8.39. The molecular weight excluding hydrogens is 402 g/mol. The van der Waals surface area contributed by atoms with E-state index in [1.807, 2.05) is 12.1 Å². The SMILES string of the molecule is CCCn1cc(CCNS(=O)(=O)c2ccccc2Br)c2cccnc21. The molecule has 7 heteroatoms. The minimum Gasteiger partial charge on any atom is -0.332 e. The van der Waals surface area contributed by atoms with Gasteiger partial charge in [0.25, 0.3) is 0 Å². The maximum atomic E-state index is 12.5. The Morgan fingerprint density at radius 3 is 2.76 bits per heavy atom. The van der Waals surface area contributed by atoms with Crippen molar-refractivity contribution in [1.82, 2.24) is 14.3 Å². The van der Waals surface area contributed by atoms with Crippen LogP contribution in [0.5, 0.6) is 0 Å². The average Bonchev–Trinajstić information content (AvgIpc) is 2.94. The van der Waals surface area contributed by atoms with Crippen molar-refractivity contribution in [2.24, 2.45) is 0 Å². The lowest BCUT2D eigenvalue weighted by Crippen LogP contribution is -2.26. The van der Waals surface area contributed by atoms with Gasteiger partial charge in [-0.15, -0.1) is 0 Å². The monoisotopic (exact) mass is 421 g/mol. The Morgan fingerprint density at radius 1 is 1.20 bits per heavy atom. The average molecular weight is 422 g/mol.